The predicted molar refractivity (Wildman–Crippen MR) is 69.1 cm³/mol. The minimum absolute atomic E-state index is 0.129. The maximum Gasteiger partial charge on any atom is 0.407 e. The normalized spacial score (nSPS) is 11.6. The Bertz CT molecular complexity index is 365. The van der Waals surface area contributed by atoms with Crippen molar-refractivity contribution < 1.29 is 14.3 Å². The third-order valence-corrected chi connectivity index (χ3v) is 2.55. The van der Waals surface area contributed by atoms with E-state index < -0.39 is 6.09 Å². The number of carbonyl (C=O) groups is 2. The molecule has 0 bridgehead atoms. The Morgan fingerprint density at radius 3 is 2.72 bits per heavy atom. The second kappa shape index (κ2) is 8.28. The van der Waals surface area contributed by atoms with Crippen LogP contribution in [-0.2, 0) is 16.1 Å². The molecule has 0 unspecified atom stereocenters. The summed E-state index contributed by atoms with van der Waals surface area (Å²) >= 11 is 0. The molecule has 18 heavy (non-hydrogen) atoms. The highest BCUT2D eigenvalue weighted by atomic mass is 16.5. The van der Waals surface area contributed by atoms with Gasteiger partial charge >= 0.3 is 6.09 Å². The van der Waals surface area contributed by atoms with Crippen LogP contribution in [0.3, 0.4) is 0 Å². The van der Waals surface area contributed by atoms with Gasteiger partial charge in [-0.15, -0.1) is 0 Å². The summed E-state index contributed by atoms with van der Waals surface area (Å²) in [4.78, 5) is 22.0. The molecule has 1 rings (SSSR count). The van der Waals surface area contributed by atoms with E-state index in [0.29, 0.717) is 6.42 Å². The van der Waals surface area contributed by atoms with Crippen LogP contribution in [0.15, 0.2) is 30.3 Å². The van der Waals surface area contributed by atoms with Crippen LogP contribution in [0.2, 0.25) is 0 Å². The van der Waals surface area contributed by atoms with Gasteiger partial charge in [0.15, 0.2) is 0 Å². The quantitative estimate of drug-likeness (QED) is 0.756. The van der Waals surface area contributed by atoms with Crippen molar-refractivity contribution in [2.75, 3.05) is 0 Å². The number of rotatable bonds is 7. The Labute approximate surface area is 107 Å². The van der Waals surface area contributed by atoms with Crippen molar-refractivity contribution in [3.8, 4) is 0 Å². The third kappa shape index (κ3) is 5.48. The van der Waals surface area contributed by atoms with Gasteiger partial charge in [-0.2, -0.15) is 0 Å². The molecule has 0 saturated carbocycles. The summed E-state index contributed by atoms with van der Waals surface area (Å²) in [6, 6.07) is 9.34. The van der Waals surface area contributed by atoms with E-state index in [9.17, 15) is 9.59 Å². The molecule has 0 aliphatic heterocycles. The molecule has 1 atom stereocenters. The van der Waals surface area contributed by atoms with Crippen LogP contribution in [-0.4, -0.2) is 18.4 Å². The molecule has 1 N–H and O–H groups in total. The topological polar surface area (TPSA) is 55.4 Å². The highest BCUT2D eigenvalue weighted by Crippen LogP contribution is 2.03. The van der Waals surface area contributed by atoms with Gasteiger partial charge in [-0.05, 0) is 12.0 Å². The van der Waals surface area contributed by atoms with E-state index >= 15 is 0 Å². The van der Waals surface area contributed by atoms with E-state index in [1.165, 1.54) is 0 Å². The molecule has 1 aromatic carbocycles. The highest BCUT2D eigenvalue weighted by Gasteiger charge is 2.11. The Morgan fingerprint density at radius 1 is 1.39 bits per heavy atom. The molecule has 4 nitrogen and oxygen atoms in total. The number of alkyl carbamates (subject to hydrolysis) is 1. The lowest BCUT2D eigenvalue weighted by Gasteiger charge is -2.15. The fourth-order valence-corrected chi connectivity index (χ4v) is 1.65. The average molecular weight is 249 g/mol. The molecular formula is C14H19NO3. The predicted octanol–water partition coefficient (Wildman–Crippen LogP) is 2.67. The van der Waals surface area contributed by atoms with Crippen LogP contribution in [0.4, 0.5) is 4.79 Å². The number of amides is 1. The monoisotopic (exact) mass is 249 g/mol. The van der Waals surface area contributed by atoms with E-state index in [-0.39, 0.29) is 12.6 Å². The Kier molecular flexibility index (Phi) is 6.54. The molecule has 0 radical (unpaired) electrons. The lowest BCUT2D eigenvalue weighted by Crippen LogP contribution is -2.35. The fourth-order valence-electron chi connectivity index (χ4n) is 1.65. The molecule has 0 aliphatic rings. The summed E-state index contributed by atoms with van der Waals surface area (Å²) in [6.07, 6.45) is 2.36. The summed E-state index contributed by atoms with van der Waals surface area (Å²) in [6.45, 7) is 2.25. The summed E-state index contributed by atoms with van der Waals surface area (Å²) in [5, 5.41) is 2.70. The second-order valence-electron chi connectivity index (χ2n) is 4.09. The fraction of sp³-hybridized carbons (Fsp3) is 0.429. The molecule has 0 heterocycles. The van der Waals surface area contributed by atoms with Crippen molar-refractivity contribution in [2.45, 2.75) is 38.8 Å². The standard InChI is InChI=1S/C14H19NO3/c1-2-6-13(9-10-16)15-14(17)18-11-12-7-4-3-5-8-12/h3-5,7-8,10,13H,2,6,9,11H2,1H3,(H,15,17)/t13-/m0/s1. The zero-order valence-electron chi connectivity index (χ0n) is 10.6. The van der Waals surface area contributed by atoms with E-state index in [1.54, 1.807) is 0 Å². The Morgan fingerprint density at radius 2 is 2.11 bits per heavy atom. The molecule has 1 amide bonds. The number of benzene rings is 1. The maximum atomic E-state index is 11.5. The number of hydrogen-bond acceptors (Lipinski definition) is 3. The van der Waals surface area contributed by atoms with Gasteiger partial charge in [0.25, 0.3) is 0 Å². The smallest absolute Gasteiger partial charge is 0.407 e. The van der Waals surface area contributed by atoms with Gasteiger partial charge in [-0.1, -0.05) is 43.7 Å². The molecule has 4 heteroatoms. The number of aldehydes is 1. The first-order chi connectivity index (χ1) is 8.76. The van der Waals surface area contributed by atoms with Gasteiger partial charge in [0.1, 0.15) is 12.9 Å². The lowest BCUT2D eigenvalue weighted by molar-refractivity contribution is -0.108. The molecule has 0 aliphatic carbocycles. The molecule has 0 fully saturated rings. The lowest BCUT2D eigenvalue weighted by atomic mass is 10.1. The Balaban J connectivity index is 2.33. The first-order valence-electron chi connectivity index (χ1n) is 6.17. The van der Waals surface area contributed by atoms with Crippen LogP contribution in [0.25, 0.3) is 0 Å². The van der Waals surface area contributed by atoms with Gasteiger partial charge in [-0.25, -0.2) is 4.79 Å². The summed E-state index contributed by atoms with van der Waals surface area (Å²) in [5.41, 5.74) is 0.940. The van der Waals surface area contributed by atoms with Crippen molar-refractivity contribution in [1.82, 2.24) is 5.32 Å². The van der Waals surface area contributed by atoms with Crippen molar-refractivity contribution >= 4 is 12.4 Å². The van der Waals surface area contributed by atoms with Crippen LogP contribution >= 0.6 is 0 Å². The van der Waals surface area contributed by atoms with Gasteiger partial charge in [0.2, 0.25) is 0 Å². The van der Waals surface area contributed by atoms with E-state index in [1.807, 2.05) is 37.3 Å². The van der Waals surface area contributed by atoms with Gasteiger partial charge in [0.05, 0.1) is 0 Å². The average Bonchev–Trinajstić information content (AvgIpc) is 2.38. The minimum Gasteiger partial charge on any atom is -0.445 e. The molecule has 98 valence electrons. The summed E-state index contributed by atoms with van der Waals surface area (Å²) in [5.74, 6) is 0. The van der Waals surface area contributed by atoms with Crippen molar-refractivity contribution in [3.63, 3.8) is 0 Å². The zero-order valence-corrected chi connectivity index (χ0v) is 10.6. The SMILES string of the molecule is CCC[C@@H](CC=O)NC(=O)OCc1ccccc1. The molecular weight excluding hydrogens is 230 g/mol. The molecule has 0 aromatic heterocycles. The van der Waals surface area contributed by atoms with E-state index in [4.69, 9.17) is 4.74 Å². The Hall–Kier alpha value is -1.84. The second-order valence-corrected chi connectivity index (χ2v) is 4.09. The first-order valence-corrected chi connectivity index (χ1v) is 6.17. The number of ether oxygens (including phenoxy) is 1. The van der Waals surface area contributed by atoms with E-state index in [2.05, 4.69) is 5.32 Å². The zero-order chi connectivity index (χ0) is 13.2. The van der Waals surface area contributed by atoms with Crippen molar-refractivity contribution in [3.05, 3.63) is 35.9 Å². The summed E-state index contributed by atoms with van der Waals surface area (Å²) < 4.78 is 5.09. The van der Waals surface area contributed by atoms with Crippen molar-refractivity contribution in [1.29, 1.82) is 0 Å². The van der Waals surface area contributed by atoms with E-state index in [0.717, 1.165) is 24.7 Å². The first kappa shape index (κ1) is 14.2. The van der Waals surface area contributed by atoms with Crippen LogP contribution < -0.4 is 5.32 Å². The third-order valence-electron chi connectivity index (χ3n) is 2.55. The van der Waals surface area contributed by atoms with Crippen LogP contribution in [0.5, 0.6) is 0 Å². The molecule has 0 spiro atoms. The van der Waals surface area contributed by atoms with Gasteiger partial charge < -0.3 is 14.8 Å². The van der Waals surface area contributed by atoms with Crippen LogP contribution in [0.1, 0.15) is 31.7 Å². The minimum atomic E-state index is -0.473. The van der Waals surface area contributed by atoms with Gasteiger partial charge in [-0.3, -0.25) is 0 Å². The number of carbonyl (C=O) groups excluding carboxylic acids is 2. The highest BCUT2D eigenvalue weighted by molar-refractivity contribution is 5.68. The van der Waals surface area contributed by atoms with Crippen LogP contribution in [0, 0.1) is 0 Å². The number of nitrogens with one attached hydrogen (secondary N) is 1. The summed E-state index contributed by atoms with van der Waals surface area (Å²) in [7, 11) is 0. The largest absolute Gasteiger partial charge is 0.445 e. The number of hydrogen-bond donors (Lipinski definition) is 1. The maximum absolute atomic E-state index is 11.5. The van der Waals surface area contributed by atoms with Gasteiger partial charge in [0, 0.05) is 12.5 Å². The van der Waals surface area contributed by atoms with Crippen molar-refractivity contribution in [2.24, 2.45) is 0 Å². The molecule has 1 aromatic rings. The molecule has 0 saturated heterocycles.